The fourth-order valence-electron chi connectivity index (χ4n) is 2.55. The number of guanidine groups is 1. The molecule has 0 atom stereocenters. The van der Waals surface area contributed by atoms with Gasteiger partial charge in [-0.15, -0.1) is 0 Å². The standard InChI is InChI=1S/C16H25ClN4/c1-18-16(19-11-13-7-9-21(2)10-8-13)20-12-14-5-3-4-6-15(14)17/h3-6,13H,7-12H2,1-2H3,(H2,18,19,20). The van der Waals surface area contributed by atoms with Gasteiger partial charge in [-0.1, -0.05) is 29.8 Å². The molecular weight excluding hydrogens is 284 g/mol. The summed E-state index contributed by atoms with van der Waals surface area (Å²) >= 11 is 6.16. The second-order valence-electron chi connectivity index (χ2n) is 5.64. The molecule has 1 aromatic carbocycles. The number of benzene rings is 1. The molecule has 0 unspecified atom stereocenters. The van der Waals surface area contributed by atoms with E-state index in [1.54, 1.807) is 7.05 Å². The van der Waals surface area contributed by atoms with Crippen molar-refractivity contribution in [2.24, 2.45) is 10.9 Å². The summed E-state index contributed by atoms with van der Waals surface area (Å²) in [5.41, 5.74) is 1.08. The fraction of sp³-hybridized carbons (Fsp3) is 0.562. The highest BCUT2D eigenvalue weighted by atomic mass is 35.5. The number of nitrogens with zero attached hydrogens (tertiary/aromatic N) is 2. The van der Waals surface area contributed by atoms with Crippen LogP contribution in [0.25, 0.3) is 0 Å². The fourth-order valence-corrected chi connectivity index (χ4v) is 2.75. The van der Waals surface area contributed by atoms with Crippen molar-refractivity contribution >= 4 is 17.6 Å². The Morgan fingerprint density at radius 3 is 2.67 bits per heavy atom. The van der Waals surface area contributed by atoms with Crippen molar-refractivity contribution in [2.75, 3.05) is 33.7 Å². The first-order valence-electron chi connectivity index (χ1n) is 7.55. The Morgan fingerprint density at radius 1 is 1.29 bits per heavy atom. The van der Waals surface area contributed by atoms with Gasteiger partial charge in [0.05, 0.1) is 0 Å². The molecule has 0 radical (unpaired) electrons. The molecule has 1 aromatic rings. The summed E-state index contributed by atoms with van der Waals surface area (Å²) in [7, 11) is 3.99. The van der Waals surface area contributed by atoms with Crippen LogP contribution in [-0.2, 0) is 6.54 Å². The van der Waals surface area contributed by atoms with Crippen LogP contribution in [0.4, 0.5) is 0 Å². The lowest BCUT2D eigenvalue weighted by atomic mass is 9.97. The molecule has 0 spiro atoms. The van der Waals surface area contributed by atoms with Crippen LogP contribution in [0.5, 0.6) is 0 Å². The van der Waals surface area contributed by atoms with E-state index in [4.69, 9.17) is 11.6 Å². The summed E-state index contributed by atoms with van der Waals surface area (Å²) in [5.74, 6) is 1.58. The summed E-state index contributed by atoms with van der Waals surface area (Å²) in [6, 6.07) is 7.88. The van der Waals surface area contributed by atoms with E-state index >= 15 is 0 Å². The van der Waals surface area contributed by atoms with Gasteiger partial charge in [0.1, 0.15) is 0 Å². The maximum atomic E-state index is 6.16. The molecule has 2 N–H and O–H groups in total. The number of hydrogen-bond acceptors (Lipinski definition) is 2. The van der Waals surface area contributed by atoms with Crippen molar-refractivity contribution in [2.45, 2.75) is 19.4 Å². The number of aliphatic imine (C=N–C) groups is 1. The van der Waals surface area contributed by atoms with Gasteiger partial charge in [-0.05, 0) is 50.5 Å². The minimum Gasteiger partial charge on any atom is -0.356 e. The minimum atomic E-state index is 0.687. The van der Waals surface area contributed by atoms with Crippen molar-refractivity contribution in [3.63, 3.8) is 0 Å². The van der Waals surface area contributed by atoms with Gasteiger partial charge in [0.25, 0.3) is 0 Å². The van der Waals surface area contributed by atoms with Gasteiger partial charge < -0.3 is 15.5 Å². The molecule has 0 aromatic heterocycles. The Hall–Kier alpha value is -1.26. The molecule has 2 rings (SSSR count). The highest BCUT2D eigenvalue weighted by molar-refractivity contribution is 6.31. The monoisotopic (exact) mass is 308 g/mol. The van der Waals surface area contributed by atoms with E-state index in [-0.39, 0.29) is 0 Å². The lowest BCUT2D eigenvalue weighted by Gasteiger charge is -2.29. The largest absolute Gasteiger partial charge is 0.356 e. The van der Waals surface area contributed by atoms with Crippen molar-refractivity contribution in [3.05, 3.63) is 34.9 Å². The highest BCUT2D eigenvalue weighted by Crippen LogP contribution is 2.15. The van der Waals surface area contributed by atoms with Crippen molar-refractivity contribution in [1.29, 1.82) is 0 Å². The van der Waals surface area contributed by atoms with Gasteiger partial charge in [-0.3, -0.25) is 4.99 Å². The smallest absolute Gasteiger partial charge is 0.191 e. The van der Waals surface area contributed by atoms with E-state index in [0.29, 0.717) is 6.54 Å². The topological polar surface area (TPSA) is 39.7 Å². The molecule has 5 heteroatoms. The predicted octanol–water partition coefficient (Wildman–Crippen LogP) is 2.35. The maximum Gasteiger partial charge on any atom is 0.191 e. The summed E-state index contributed by atoms with van der Waals surface area (Å²) in [5, 5.41) is 7.53. The molecule has 0 bridgehead atoms. The normalized spacial score (nSPS) is 17.8. The van der Waals surface area contributed by atoms with Crippen molar-refractivity contribution in [3.8, 4) is 0 Å². The minimum absolute atomic E-state index is 0.687. The Morgan fingerprint density at radius 2 is 2.00 bits per heavy atom. The third-order valence-corrected chi connectivity index (χ3v) is 4.39. The van der Waals surface area contributed by atoms with Gasteiger partial charge in [0.15, 0.2) is 5.96 Å². The van der Waals surface area contributed by atoms with E-state index in [2.05, 4.69) is 27.6 Å². The van der Waals surface area contributed by atoms with E-state index in [1.165, 1.54) is 25.9 Å². The number of rotatable bonds is 4. The van der Waals surface area contributed by atoms with Crippen LogP contribution in [0.2, 0.25) is 5.02 Å². The lowest BCUT2D eigenvalue weighted by Crippen LogP contribution is -2.42. The first-order chi connectivity index (χ1) is 10.2. The summed E-state index contributed by atoms with van der Waals surface area (Å²) in [4.78, 5) is 6.66. The van der Waals surface area contributed by atoms with E-state index in [9.17, 15) is 0 Å². The summed E-state index contributed by atoms with van der Waals surface area (Å²) < 4.78 is 0. The van der Waals surface area contributed by atoms with Gasteiger partial charge >= 0.3 is 0 Å². The zero-order valence-electron chi connectivity index (χ0n) is 12.9. The highest BCUT2D eigenvalue weighted by Gasteiger charge is 2.16. The number of nitrogens with one attached hydrogen (secondary N) is 2. The van der Waals surface area contributed by atoms with Crippen molar-refractivity contribution in [1.82, 2.24) is 15.5 Å². The summed E-state index contributed by atoms with van der Waals surface area (Å²) in [6.07, 6.45) is 2.51. The van der Waals surface area contributed by atoms with Gasteiger partial charge in [-0.2, -0.15) is 0 Å². The van der Waals surface area contributed by atoms with Crippen molar-refractivity contribution < 1.29 is 0 Å². The van der Waals surface area contributed by atoms with Crippen LogP contribution in [0, 0.1) is 5.92 Å². The lowest BCUT2D eigenvalue weighted by molar-refractivity contribution is 0.220. The van der Waals surface area contributed by atoms with Gasteiger partial charge in [-0.25, -0.2) is 0 Å². The van der Waals surface area contributed by atoms with E-state index in [0.717, 1.165) is 29.0 Å². The molecule has 0 saturated carbocycles. The molecule has 1 heterocycles. The molecular formula is C16H25ClN4. The quantitative estimate of drug-likeness (QED) is 0.662. The predicted molar refractivity (Wildman–Crippen MR) is 89.9 cm³/mol. The zero-order valence-corrected chi connectivity index (χ0v) is 13.7. The Labute approximate surface area is 132 Å². The second kappa shape index (κ2) is 8.25. The molecule has 1 saturated heterocycles. The first-order valence-corrected chi connectivity index (χ1v) is 7.93. The van der Waals surface area contributed by atoms with E-state index < -0.39 is 0 Å². The van der Waals surface area contributed by atoms with Crippen LogP contribution in [0.1, 0.15) is 18.4 Å². The number of likely N-dealkylation sites (tertiary alicyclic amines) is 1. The SMILES string of the molecule is CN=C(NCc1ccccc1Cl)NCC1CCN(C)CC1. The second-order valence-corrected chi connectivity index (χ2v) is 6.05. The molecule has 0 amide bonds. The Balaban J connectivity index is 1.75. The average molecular weight is 309 g/mol. The van der Waals surface area contributed by atoms with E-state index in [1.807, 2.05) is 24.3 Å². The maximum absolute atomic E-state index is 6.16. The first kappa shape index (κ1) is 16.1. The van der Waals surface area contributed by atoms with Gasteiger partial charge in [0.2, 0.25) is 0 Å². The van der Waals surface area contributed by atoms with Crippen LogP contribution in [0.3, 0.4) is 0 Å². The summed E-state index contributed by atoms with van der Waals surface area (Å²) in [6.45, 7) is 4.05. The molecule has 1 aliphatic heterocycles. The number of halogens is 1. The van der Waals surface area contributed by atoms with Crippen LogP contribution in [-0.4, -0.2) is 44.6 Å². The molecule has 4 nitrogen and oxygen atoms in total. The van der Waals surface area contributed by atoms with Crippen LogP contribution >= 0.6 is 11.6 Å². The van der Waals surface area contributed by atoms with Gasteiger partial charge in [0, 0.05) is 25.2 Å². The molecule has 0 aliphatic carbocycles. The van der Waals surface area contributed by atoms with Crippen LogP contribution in [0.15, 0.2) is 29.3 Å². The third-order valence-electron chi connectivity index (χ3n) is 4.02. The number of piperidine rings is 1. The molecule has 1 fully saturated rings. The average Bonchev–Trinajstić information content (AvgIpc) is 2.51. The third kappa shape index (κ3) is 5.21. The molecule has 116 valence electrons. The zero-order chi connectivity index (χ0) is 15.1. The number of hydrogen-bond donors (Lipinski definition) is 2. The van der Waals surface area contributed by atoms with Crippen LogP contribution < -0.4 is 10.6 Å². The molecule has 21 heavy (non-hydrogen) atoms. The Kier molecular flexibility index (Phi) is 6.33. The molecule has 1 aliphatic rings. The Bertz CT molecular complexity index is 467.